The van der Waals surface area contributed by atoms with Crippen LogP contribution in [0.5, 0.6) is 11.5 Å². The Morgan fingerprint density at radius 3 is 2.36 bits per heavy atom. The Hall–Kier alpha value is -3.32. The number of benzene rings is 2. The summed E-state index contributed by atoms with van der Waals surface area (Å²) < 4.78 is 10.4. The Labute approximate surface area is 167 Å². The lowest BCUT2D eigenvalue weighted by Crippen LogP contribution is -2.15. The molecule has 0 unspecified atom stereocenters. The number of nitrogens with zero attached hydrogens (tertiary/aromatic N) is 2. The third kappa shape index (κ3) is 4.50. The molecule has 0 radical (unpaired) electrons. The van der Waals surface area contributed by atoms with E-state index < -0.39 is 0 Å². The highest BCUT2D eigenvalue weighted by Crippen LogP contribution is 2.28. The Morgan fingerprint density at radius 1 is 0.964 bits per heavy atom. The highest BCUT2D eigenvalue weighted by atomic mass is 35.5. The Balaban J connectivity index is 1.71. The van der Waals surface area contributed by atoms with Gasteiger partial charge in [0.1, 0.15) is 11.5 Å². The molecule has 7 nitrogen and oxygen atoms in total. The summed E-state index contributed by atoms with van der Waals surface area (Å²) in [6, 6.07) is 14.0. The maximum Gasteiger partial charge on any atom is 0.276 e. The second kappa shape index (κ2) is 8.58. The van der Waals surface area contributed by atoms with E-state index in [0.29, 0.717) is 28.0 Å². The predicted molar refractivity (Wildman–Crippen MR) is 109 cm³/mol. The summed E-state index contributed by atoms with van der Waals surface area (Å²) in [6.07, 6.45) is 0. The SMILES string of the molecule is COc1ccc(Nc2ccc(C(=O)Nc3cc(C)ccc3OC)nn2)cc1Cl. The number of amides is 1. The molecule has 0 atom stereocenters. The van der Waals surface area contributed by atoms with Gasteiger partial charge in [-0.25, -0.2) is 0 Å². The molecule has 0 saturated heterocycles. The molecule has 0 aliphatic carbocycles. The summed E-state index contributed by atoms with van der Waals surface area (Å²) in [7, 11) is 3.10. The molecule has 0 spiro atoms. The molecular formula is C20H19ClN4O3. The molecule has 1 aromatic heterocycles. The van der Waals surface area contributed by atoms with Crippen molar-refractivity contribution in [2.75, 3.05) is 24.9 Å². The van der Waals surface area contributed by atoms with Gasteiger partial charge in [-0.05, 0) is 55.0 Å². The predicted octanol–water partition coefficient (Wildman–Crippen LogP) is 4.45. The minimum atomic E-state index is -0.379. The molecule has 0 fully saturated rings. The summed E-state index contributed by atoms with van der Waals surface area (Å²) in [5.41, 5.74) is 2.48. The third-order valence-corrected chi connectivity index (χ3v) is 4.22. The number of nitrogens with one attached hydrogen (secondary N) is 2. The second-order valence-electron chi connectivity index (χ2n) is 5.94. The number of aromatic nitrogens is 2. The monoisotopic (exact) mass is 398 g/mol. The Kier molecular flexibility index (Phi) is 5.96. The number of rotatable bonds is 6. The van der Waals surface area contributed by atoms with Crippen LogP contribution in [-0.2, 0) is 0 Å². The quantitative estimate of drug-likeness (QED) is 0.638. The van der Waals surface area contributed by atoms with E-state index in [-0.39, 0.29) is 11.6 Å². The first kappa shape index (κ1) is 19.4. The van der Waals surface area contributed by atoms with Crippen LogP contribution in [0.15, 0.2) is 48.5 Å². The average molecular weight is 399 g/mol. The van der Waals surface area contributed by atoms with Gasteiger partial charge in [0, 0.05) is 5.69 Å². The minimum Gasteiger partial charge on any atom is -0.495 e. The van der Waals surface area contributed by atoms with Gasteiger partial charge in [-0.1, -0.05) is 17.7 Å². The molecular weight excluding hydrogens is 380 g/mol. The highest BCUT2D eigenvalue weighted by Gasteiger charge is 2.12. The van der Waals surface area contributed by atoms with Crippen molar-refractivity contribution in [2.45, 2.75) is 6.92 Å². The van der Waals surface area contributed by atoms with Gasteiger partial charge in [0.25, 0.3) is 5.91 Å². The van der Waals surface area contributed by atoms with Crippen molar-refractivity contribution in [3.63, 3.8) is 0 Å². The smallest absolute Gasteiger partial charge is 0.276 e. The normalized spacial score (nSPS) is 10.3. The molecule has 1 amide bonds. The minimum absolute atomic E-state index is 0.182. The number of hydrogen-bond acceptors (Lipinski definition) is 6. The Bertz CT molecular complexity index is 993. The lowest BCUT2D eigenvalue weighted by molar-refractivity contribution is 0.102. The van der Waals surface area contributed by atoms with Crippen LogP contribution in [0.2, 0.25) is 5.02 Å². The number of methoxy groups -OCH3 is 2. The van der Waals surface area contributed by atoms with Gasteiger partial charge in [0.05, 0.1) is 24.9 Å². The number of anilines is 3. The fourth-order valence-corrected chi connectivity index (χ4v) is 2.78. The second-order valence-corrected chi connectivity index (χ2v) is 6.34. The summed E-state index contributed by atoms with van der Waals surface area (Å²) in [5.74, 6) is 1.25. The van der Waals surface area contributed by atoms with Crippen LogP contribution in [-0.4, -0.2) is 30.3 Å². The zero-order valence-corrected chi connectivity index (χ0v) is 16.4. The lowest BCUT2D eigenvalue weighted by atomic mass is 10.2. The molecule has 28 heavy (non-hydrogen) atoms. The van der Waals surface area contributed by atoms with Gasteiger partial charge < -0.3 is 20.1 Å². The standard InChI is InChI=1S/C20H19ClN4O3/c1-12-4-7-18(28-3)16(10-12)23-20(26)15-6-9-19(25-24-15)22-13-5-8-17(27-2)14(21)11-13/h4-11H,1-3H3,(H,22,25)(H,23,26). The van der Waals surface area contributed by atoms with Crippen LogP contribution in [0.1, 0.15) is 16.1 Å². The van der Waals surface area contributed by atoms with Gasteiger partial charge in [-0.2, -0.15) is 0 Å². The van der Waals surface area contributed by atoms with Crippen LogP contribution in [0.3, 0.4) is 0 Å². The molecule has 2 N–H and O–H groups in total. The number of ether oxygens (including phenoxy) is 2. The molecule has 3 aromatic rings. The van der Waals surface area contributed by atoms with Crippen molar-refractivity contribution in [1.29, 1.82) is 0 Å². The zero-order valence-electron chi connectivity index (χ0n) is 15.6. The van der Waals surface area contributed by atoms with Crippen molar-refractivity contribution in [3.05, 3.63) is 64.8 Å². The fraction of sp³-hybridized carbons (Fsp3) is 0.150. The average Bonchev–Trinajstić information content (AvgIpc) is 2.69. The van der Waals surface area contributed by atoms with E-state index >= 15 is 0 Å². The first-order valence-corrected chi connectivity index (χ1v) is 8.78. The highest BCUT2D eigenvalue weighted by molar-refractivity contribution is 6.32. The number of halogens is 1. The Morgan fingerprint density at radius 2 is 1.71 bits per heavy atom. The van der Waals surface area contributed by atoms with Crippen molar-refractivity contribution >= 4 is 34.7 Å². The summed E-state index contributed by atoms with van der Waals surface area (Å²) >= 11 is 6.11. The number of carbonyl (C=O) groups excluding carboxylic acids is 1. The molecule has 0 bridgehead atoms. The van der Waals surface area contributed by atoms with Gasteiger partial charge in [-0.15, -0.1) is 10.2 Å². The van der Waals surface area contributed by atoms with E-state index in [1.54, 1.807) is 50.6 Å². The molecule has 0 saturated carbocycles. The number of carbonyl (C=O) groups is 1. The van der Waals surface area contributed by atoms with Crippen molar-refractivity contribution in [1.82, 2.24) is 10.2 Å². The van der Waals surface area contributed by atoms with E-state index in [1.165, 1.54) is 0 Å². The van der Waals surface area contributed by atoms with E-state index in [4.69, 9.17) is 21.1 Å². The molecule has 2 aromatic carbocycles. The maximum absolute atomic E-state index is 12.5. The largest absolute Gasteiger partial charge is 0.495 e. The fourth-order valence-electron chi connectivity index (χ4n) is 2.52. The van der Waals surface area contributed by atoms with Crippen molar-refractivity contribution < 1.29 is 14.3 Å². The lowest BCUT2D eigenvalue weighted by Gasteiger charge is -2.11. The third-order valence-electron chi connectivity index (χ3n) is 3.92. The first-order valence-electron chi connectivity index (χ1n) is 8.40. The summed E-state index contributed by atoms with van der Waals surface area (Å²) in [4.78, 5) is 12.5. The van der Waals surface area contributed by atoms with E-state index in [9.17, 15) is 4.79 Å². The molecule has 3 rings (SSSR count). The van der Waals surface area contributed by atoms with E-state index in [2.05, 4.69) is 20.8 Å². The van der Waals surface area contributed by atoms with E-state index in [1.807, 2.05) is 19.1 Å². The molecule has 1 heterocycles. The maximum atomic E-state index is 12.5. The van der Waals surface area contributed by atoms with Crippen LogP contribution in [0.4, 0.5) is 17.2 Å². The van der Waals surface area contributed by atoms with E-state index in [0.717, 1.165) is 11.3 Å². The van der Waals surface area contributed by atoms with Crippen LogP contribution >= 0.6 is 11.6 Å². The van der Waals surface area contributed by atoms with Gasteiger partial charge in [-0.3, -0.25) is 4.79 Å². The molecule has 8 heteroatoms. The van der Waals surface area contributed by atoms with Gasteiger partial charge >= 0.3 is 0 Å². The van der Waals surface area contributed by atoms with Crippen LogP contribution < -0.4 is 20.1 Å². The van der Waals surface area contributed by atoms with Crippen LogP contribution in [0.25, 0.3) is 0 Å². The van der Waals surface area contributed by atoms with Gasteiger partial charge in [0.15, 0.2) is 11.5 Å². The van der Waals surface area contributed by atoms with Crippen molar-refractivity contribution in [3.8, 4) is 11.5 Å². The van der Waals surface area contributed by atoms with Crippen LogP contribution in [0, 0.1) is 6.92 Å². The summed E-state index contributed by atoms with van der Waals surface area (Å²) in [5, 5.41) is 14.4. The number of hydrogen-bond donors (Lipinski definition) is 2. The van der Waals surface area contributed by atoms with Crippen molar-refractivity contribution in [2.24, 2.45) is 0 Å². The topological polar surface area (TPSA) is 85.4 Å². The van der Waals surface area contributed by atoms with Gasteiger partial charge in [0.2, 0.25) is 0 Å². The molecule has 0 aliphatic rings. The molecule has 144 valence electrons. The number of aryl methyl sites for hydroxylation is 1. The summed E-state index contributed by atoms with van der Waals surface area (Å²) in [6.45, 7) is 1.93. The first-order chi connectivity index (χ1) is 13.5. The molecule has 0 aliphatic heterocycles. The zero-order chi connectivity index (χ0) is 20.1.